The smallest absolute Gasteiger partial charge is 0.157 e. The summed E-state index contributed by atoms with van der Waals surface area (Å²) in [4.78, 5) is 10.7. The molecule has 0 spiro atoms. The highest BCUT2D eigenvalue weighted by molar-refractivity contribution is 6.37. The number of carbonyl (C=O) groups is 1. The summed E-state index contributed by atoms with van der Waals surface area (Å²) in [6.45, 7) is 0.0191. The van der Waals surface area contributed by atoms with Crippen LogP contribution in [0.1, 0.15) is 16.1 Å². The lowest BCUT2D eigenvalue weighted by Gasteiger charge is -2.09. The quantitative estimate of drug-likeness (QED) is 0.871. The van der Waals surface area contributed by atoms with E-state index in [1.54, 1.807) is 0 Å². The van der Waals surface area contributed by atoms with Crippen molar-refractivity contribution < 1.29 is 19.1 Å². The van der Waals surface area contributed by atoms with Gasteiger partial charge < -0.3 is 14.3 Å². The number of benzene rings is 1. The molecule has 0 atom stereocenters. The number of phenolic OH excluding ortho intramolecular Hbond substituents is 1. The molecule has 0 aliphatic carbocycles. The normalized spacial score (nSPS) is 10.3. The summed E-state index contributed by atoms with van der Waals surface area (Å²) >= 11 is 11.8. The maximum Gasteiger partial charge on any atom is 0.157 e. The molecule has 0 aliphatic heterocycles. The lowest BCUT2D eigenvalue weighted by Crippen LogP contribution is -1.98. The highest BCUT2D eigenvalue weighted by Crippen LogP contribution is 2.36. The van der Waals surface area contributed by atoms with E-state index in [4.69, 9.17) is 32.4 Å². The van der Waals surface area contributed by atoms with Crippen LogP contribution in [0.2, 0.25) is 10.0 Å². The van der Waals surface area contributed by atoms with Gasteiger partial charge in [0.2, 0.25) is 0 Å². The largest absolute Gasteiger partial charge is 0.508 e. The van der Waals surface area contributed by atoms with E-state index in [1.807, 2.05) is 0 Å². The molecule has 18 heavy (non-hydrogen) atoms. The van der Waals surface area contributed by atoms with Crippen LogP contribution in [-0.4, -0.2) is 11.4 Å². The number of carbonyl (C=O) groups excluding carboxylic acids is 1. The van der Waals surface area contributed by atoms with Crippen molar-refractivity contribution in [3.05, 3.63) is 45.8 Å². The van der Waals surface area contributed by atoms with Crippen molar-refractivity contribution in [2.45, 2.75) is 6.61 Å². The van der Waals surface area contributed by atoms with Gasteiger partial charge in [-0.3, -0.25) is 4.79 Å². The molecule has 1 N–H and O–H groups in total. The van der Waals surface area contributed by atoms with E-state index in [0.717, 1.165) is 0 Å². The molecule has 1 heterocycles. The molecular formula is C12H8Cl2O4. The summed E-state index contributed by atoms with van der Waals surface area (Å²) in [7, 11) is 0. The van der Waals surface area contributed by atoms with Crippen molar-refractivity contribution in [2.24, 2.45) is 0 Å². The molecule has 0 amide bonds. The van der Waals surface area contributed by atoms with Gasteiger partial charge in [0.1, 0.15) is 12.4 Å². The van der Waals surface area contributed by atoms with E-state index in [2.05, 4.69) is 0 Å². The lowest BCUT2D eigenvalue weighted by atomic mass is 10.3. The van der Waals surface area contributed by atoms with Gasteiger partial charge in [-0.1, -0.05) is 23.2 Å². The molecule has 6 heteroatoms. The Kier molecular flexibility index (Phi) is 3.79. The topological polar surface area (TPSA) is 59.7 Å². The van der Waals surface area contributed by atoms with E-state index in [9.17, 15) is 9.90 Å². The standard InChI is InChI=1S/C12H8Cl2O4/c13-9-3-8(16)4-10(14)12(9)18-6-11-7(5-15)1-2-17-11/h1-5,16H,6H2. The lowest BCUT2D eigenvalue weighted by molar-refractivity contribution is 0.111. The van der Waals surface area contributed by atoms with Crippen LogP contribution in [0.4, 0.5) is 0 Å². The molecule has 2 rings (SSSR count). The van der Waals surface area contributed by atoms with Crippen LogP contribution < -0.4 is 4.74 Å². The Morgan fingerprint density at radius 3 is 2.61 bits per heavy atom. The van der Waals surface area contributed by atoms with Crippen molar-refractivity contribution in [3.63, 3.8) is 0 Å². The molecule has 0 saturated heterocycles. The van der Waals surface area contributed by atoms with Crippen molar-refractivity contribution in [2.75, 3.05) is 0 Å². The molecule has 4 nitrogen and oxygen atoms in total. The second kappa shape index (κ2) is 5.33. The van der Waals surface area contributed by atoms with Crippen LogP contribution in [0.15, 0.2) is 28.9 Å². The van der Waals surface area contributed by atoms with E-state index in [1.165, 1.54) is 24.5 Å². The Balaban J connectivity index is 2.18. The first kappa shape index (κ1) is 12.8. The molecule has 94 valence electrons. The SMILES string of the molecule is O=Cc1ccoc1COc1c(Cl)cc(O)cc1Cl. The summed E-state index contributed by atoms with van der Waals surface area (Å²) in [5, 5.41) is 9.62. The van der Waals surface area contributed by atoms with Crippen LogP contribution in [0.5, 0.6) is 11.5 Å². The Bertz CT molecular complexity index is 554. The maximum absolute atomic E-state index is 10.7. The minimum Gasteiger partial charge on any atom is -0.508 e. The van der Waals surface area contributed by atoms with Gasteiger partial charge >= 0.3 is 0 Å². The van der Waals surface area contributed by atoms with Gasteiger partial charge in [0.25, 0.3) is 0 Å². The number of hydrogen-bond donors (Lipinski definition) is 1. The van der Waals surface area contributed by atoms with E-state index >= 15 is 0 Å². The first-order valence-electron chi connectivity index (χ1n) is 4.94. The molecule has 0 aliphatic rings. The van der Waals surface area contributed by atoms with Crippen LogP contribution >= 0.6 is 23.2 Å². The molecule has 0 unspecified atom stereocenters. The predicted octanol–water partition coefficient (Wildman–Crippen LogP) is 3.68. The zero-order chi connectivity index (χ0) is 13.1. The number of ether oxygens (including phenoxy) is 1. The summed E-state index contributed by atoms with van der Waals surface area (Å²) < 4.78 is 10.5. The molecule has 0 saturated carbocycles. The highest BCUT2D eigenvalue weighted by Gasteiger charge is 2.12. The van der Waals surface area contributed by atoms with Crippen molar-refractivity contribution in [1.82, 2.24) is 0 Å². The maximum atomic E-state index is 10.7. The van der Waals surface area contributed by atoms with Crippen molar-refractivity contribution >= 4 is 29.5 Å². The fourth-order valence-corrected chi connectivity index (χ4v) is 1.98. The third-order valence-electron chi connectivity index (χ3n) is 2.24. The van der Waals surface area contributed by atoms with E-state index < -0.39 is 0 Å². The fraction of sp³-hybridized carbons (Fsp3) is 0.0833. The molecular weight excluding hydrogens is 279 g/mol. The summed E-state index contributed by atoms with van der Waals surface area (Å²) in [5.41, 5.74) is 0.404. The number of hydrogen-bond acceptors (Lipinski definition) is 4. The van der Waals surface area contributed by atoms with E-state index in [0.29, 0.717) is 17.6 Å². The molecule has 1 aromatic carbocycles. The monoisotopic (exact) mass is 286 g/mol. The van der Waals surface area contributed by atoms with Crippen LogP contribution in [0, 0.1) is 0 Å². The van der Waals surface area contributed by atoms with E-state index in [-0.39, 0.29) is 28.2 Å². The third-order valence-corrected chi connectivity index (χ3v) is 2.80. The van der Waals surface area contributed by atoms with Crippen molar-refractivity contribution in [1.29, 1.82) is 0 Å². The first-order chi connectivity index (χ1) is 8.61. The average Bonchev–Trinajstić information content (AvgIpc) is 2.75. The Hall–Kier alpha value is -1.65. The minimum atomic E-state index is -0.0519. The van der Waals surface area contributed by atoms with Gasteiger partial charge in [0, 0.05) is 12.1 Å². The Labute approximate surface area is 113 Å². The van der Waals surface area contributed by atoms with Crippen LogP contribution in [-0.2, 0) is 6.61 Å². The predicted molar refractivity (Wildman–Crippen MR) is 66.6 cm³/mol. The summed E-state index contributed by atoms with van der Waals surface area (Å²) in [6.07, 6.45) is 2.06. The van der Waals surface area contributed by atoms with Gasteiger partial charge in [-0.25, -0.2) is 0 Å². The molecule has 0 bridgehead atoms. The first-order valence-corrected chi connectivity index (χ1v) is 5.69. The Morgan fingerprint density at radius 2 is 2.00 bits per heavy atom. The van der Waals surface area contributed by atoms with Gasteiger partial charge in [0.05, 0.1) is 21.9 Å². The van der Waals surface area contributed by atoms with Gasteiger partial charge in [-0.2, -0.15) is 0 Å². The number of aromatic hydroxyl groups is 1. The van der Waals surface area contributed by atoms with Crippen molar-refractivity contribution in [3.8, 4) is 11.5 Å². The Morgan fingerprint density at radius 1 is 1.33 bits per heavy atom. The number of aldehydes is 1. The molecule has 1 aromatic heterocycles. The second-order valence-electron chi connectivity index (χ2n) is 3.44. The van der Waals surface area contributed by atoms with Gasteiger partial charge in [-0.05, 0) is 6.07 Å². The highest BCUT2D eigenvalue weighted by atomic mass is 35.5. The zero-order valence-electron chi connectivity index (χ0n) is 9.02. The van der Waals surface area contributed by atoms with Gasteiger partial charge in [-0.15, -0.1) is 0 Å². The van der Waals surface area contributed by atoms with Crippen LogP contribution in [0.3, 0.4) is 0 Å². The number of phenols is 1. The second-order valence-corrected chi connectivity index (χ2v) is 4.26. The molecule has 0 radical (unpaired) electrons. The van der Waals surface area contributed by atoms with Crippen LogP contribution in [0.25, 0.3) is 0 Å². The molecule has 2 aromatic rings. The minimum absolute atomic E-state index is 0.0191. The summed E-state index contributed by atoms with van der Waals surface area (Å²) in [6, 6.07) is 4.16. The fourth-order valence-electron chi connectivity index (χ4n) is 1.39. The zero-order valence-corrected chi connectivity index (χ0v) is 10.5. The van der Waals surface area contributed by atoms with Gasteiger partial charge in [0.15, 0.2) is 17.8 Å². The number of furan rings is 1. The average molecular weight is 287 g/mol. The molecule has 0 fully saturated rings. The summed E-state index contributed by atoms with van der Waals surface area (Å²) in [5.74, 6) is 0.554. The number of halogens is 2. The third kappa shape index (κ3) is 2.60. The number of rotatable bonds is 4.